The largest absolute Gasteiger partial charge is 0.494 e. The number of esters is 1. The third-order valence-electron chi connectivity index (χ3n) is 4.40. The summed E-state index contributed by atoms with van der Waals surface area (Å²) >= 11 is 1.43. The molecule has 8 heteroatoms. The Hall–Kier alpha value is -2.06. The Morgan fingerprint density at radius 2 is 2.19 bits per heavy atom. The smallest absolute Gasteiger partial charge is 0.341 e. The van der Waals surface area contributed by atoms with E-state index >= 15 is 0 Å². The van der Waals surface area contributed by atoms with Crippen molar-refractivity contribution < 1.29 is 23.8 Å². The molecule has 2 aliphatic heterocycles. The van der Waals surface area contributed by atoms with Crippen molar-refractivity contribution in [2.45, 2.75) is 39.8 Å². The van der Waals surface area contributed by atoms with Gasteiger partial charge in [0.05, 0.1) is 12.2 Å². The third kappa shape index (κ3) is 3.86. The van der Waals surface area contributed by atoms with E-state index in [2.05, 4.69) is 24.1 Å². The Bertz CT molecular complexity index is 725. The number of carbonyl (C=O) groups excluding carboxylic acids is 2. The predicted molar refractivity (Wildman–Crippen MR) is 98.1 cm³/mol. The number of nitrogens with zero attached hydrogens (tertiary/aromatic N) is 1. The van der Waals surface area contributed by atoms with E-state index in [9.17, 15) is 9.59 Å². The van der Waals surface area contributed by atoms with Gasteiger partial charge in [0.1, 0.15) is 24.5 Å². The Kier molecular flexibility index (Phi) is 5.83. The van der Waals surface area contributed by atoms with Crippen LogP contribution in [0.25, 0.3) is 0 Å². The average molecular weight is 380 g/mol. The van der Waals surface area contributed by atoms with Gasteiger partial charge in [-0.3, -0.25) is 9.69 Å². The number of ether oxygens (including phenoxy) is 3. The third-order valence-corrected chi connectivity index (χ3v) is 5.53. The van der Waals surface area contributed by atoms with E-state index < -0.39 is 11.9 Å². The standard InChI is InChI=1S/C18H24N2O5S/c1-4-24-18(22)15-12-5-6-20(11(2)3)9-14(12)26-17(15)19-16(21)13-10-23-7-8-25-13/h10-11H,4-9H2,1-3H3,(H,19,21). The highest BCUT2D eigenvalue weighted by Gasteiger charge is 2.31. The zero-order valence-corrected chi connectivity index (χ0v) is 16.1. The van der Waals surface area contributed by atoms with E-state index in [0.717, 1.165) is 30.0 Å². The van der Waals surface area contributed by atoms with E-state index in [0.29, 0.717) is 29.8 Å². The zero-order valence-electron chi connectivity index (χ0n) is 15.3. The van der Waals surface area contributed by atoms with Crippen LogP contribution in [0, 0.1) is 0 Å². The van der Waals surface area contributed by atoms with Gasteiger partial charge >= 0.3 is 5.97 Å². The fraction of sp³-hybridized carbons (Fsp3) is 0.556. The second kappa shape index (κ2) is 8.09. The zero-order chi connectivity index (χ0) is 18.7. The van der Waals surface area contributed by atoms with Crippen molar-refractivity contribution in [2.24, 2.45) is 0 Å². The van der Waals surface area contributed by atoms with Crippen molar-refractivity contribution >= 4 is 28.2 Å². The van der Waals surface area contributed by atoms with Gasteiger partial charge in [0, 0.05) is 24.0 Å². The fourth-order valence-electron chi connectivity index (χ4n) is 3.02. The van der Waals surface area contributed by atoms with Gasteiger partial charge in [-0.25, -0.2) is 4.79 Å². The molecule has 3 rings (SSSR count). The topological polar surface area (TPSA) is 77.1 Å². The van der Waals surface area contributed by atoms with Gasteiger partial charge in [-0.05, 0) is 32.8 Å². The monoisotopic (exact) mass is 380 g/mol. The van der Waals surface area contributed by atoms with Gasteiger partial charge in [0.25, 0.3) is 5.91 Å². The maximum atomic E-state index is 12.5. The molecule has 3 heterocycles. The fourth-order valence-corrected chi connectivity index (χ4v) is 4.28. The van der Waals surface area contributed by atoms with E-state index in [-0.39, 0.29) is 12.4 Å². The van der Waals surface area contributed by atoms with Gasteiger partial charge in [0.15, 0.2) is 0 Å². The van der Waals surface area contributed by atoms with Crippen molar-refractivity contribution in [1.29, 1.82) is 0 Å². The Morgan fingerprint density at radius 3 is 2.85 bits per heavy atom. The highest BCUT2D eigenvalue weighted by atomic mass is 32.1. The molecule has 1 aromatic heterocycles. The molecule has 0 saturated carbocycles. The summed E-state index contributed by atoms with van der Waals surface area (Å²) < 4.78 is 15.7. The lowest BCUT2D eigenvalue weighted by Gasteiger charge is -2.30. The molecule has 0 spiro atoms. The number of carbonyl (C=O) groups is 2. The van der Waals surface area contributed by atoms with Crippen LogP contribution in [0.1, 0.15) is 41.6 Å². The molecule has 2 aliphatic rings. The van der Waals surface area contributed by atoms with Gasteiger partial charge in [0.2, 0.25) is 5.76 Å². The molecule has 0 unspecified atom stereocenters. The quantitative estimate of drug-likeness (QED) is 0.791. The van der Waals surface area contributed by atoms with Crippen LogP contribution in [0.15, 0.2) is 12.0 Å². The Labute approximate surface area is 156 Å². The van der Waals surface area contributed by atoms with Crippen LogP contribution in [0.3, 0.4) is 0 Å². The minimum atomic E-state index is -0.422. The predicted octanol–water partition coefficient (Wildman–Crippen LogP) is 2.52. The molecule has 0 radical (unpaired) electrons. The first-order valence-electron chi connectivity index (χ1n) is 8.82. The van der Waals surface area contributed by atoms with Crippen molar-refractivity contribution in [3.8, 4) is 0 Å². The molecule has 26 heavy (non-hydrogen) atoms. The first-order chi connectivity index (χ1) is 12.5. The number of nitrogens with one attached hydrogen (secondary N) is 1. The van der Waals surface area contributed by atoms with Gasteiger partial charge in [-0.1, -0.05) is 0 Å². The molecular formula is C18H24N2O5S. The summed E-state index contributed by atoms with van der Waals surface area (Å²) in [5.74, 6) is -0.705. The molecule has 0 bridgehead atoms. The van der Waals surface area contributed by atoms with Crippen LogP contribution in [0.4, 0.5) is 5.00 Å². The normalized spacial score (nSPS) is 17.0. The lowest BCUT2D eigenvalue weighted by atomic mass is 10.0. The number of thiophene rings is 1. The molecule has 0 aromatic carbocycles. The van der Waals surface area contributed by atoms with Crippen LogP contribution in [0.2, 0.25) is 0 Å². The second-order valence-corrected chi connectivity index (χ2v) is 7.50. The summed E-state index contributed by atoms with van der Waals surface area (Å²) in [6.45, 7) is 8.76. The molecule has 0 aliphatic carbocycles. The first kappa shape index (κ1) is 18.7. The number of anilines is 1. The lowest BCUT2D eigenvalue weighted by Crippen LogP contribution is -2.35. The lowest BCUT2D eigenvalue weighted by molar-refractivity contribution is -0.117. The van der Waals surface area contributed by atoms with Crippen molar-refractivity contribution in [3.05, 3.63) is 28.0 Å². The molecule has 0 atom stereocenters. The molecule has 0 fully saturated rings. The highest BCUT2D eigenvalue weighted by Crippen LogP contribution is 2.38. The number of hydrogen-bond donors (Lipinski definition) is 1. The van der Waals surface area contributed by atoms with Gasteiger partial charge in [-0.15, -0.1) is 11.3 Å². The maximum Gasteiger partial charge on any atom is 0.341 e. The number of rotatable bonds is 5. The summed E-state index contributed by atoms with van der Waals surface area (Å²) in [7, 11) is 0. The van der Waals surface area contributed by atoms with Crippen LogP contribution in [-0.2, 0) is 32.0 Å². The average Bonchev–Trinajstić information content (AvgIpc) is 2.99. The molecule has 7 nitrogen and oxygen atoms in total. The van der Waals surface area contributed by atoms with Crippen LogP contribution in [0.5, 0.6) is 0 Å². The minimum absolute atomic E-state index is 0.112. The molecule has 1 amide bonds. The van der Waals surface area contributed by atoms with E-state index in [1.54, 1.807) is 6.92 Å². The molecule has 1 aromatic rings. The summed E-state index contributed by atoms with van der Waals surface area (Å²) in [6, 6.07) is 0.423. The maximum absolute atomic E-state index is 12.5. The molecule has 1 N–H and O–H groups in total. The molecule has 0 saturated heterocycles. The van der Waals surface area contributed by atoms with Gasteiger partial charge in [-0.2, -0.15) is 0 Å². The molecule has 142 valence electrons. The Balaban J connectivity index is 1.89. The highest BCUT2D eigenvalue weighted by molar-refractivity contribution is 7.17. The van der Waals surface area contributed by atoms with Crippen LogP contribution in [-0.4, -0.2) is 49.2 Å². The number of fused-ring (bicyclic) bond motifs is 1. The second-order valence-electron chi connectivity index (χ2n) is 6.40. The van der Waals surface area contributed by atoms with Crippen molar-refractivity contribution in [1.82, 2.24) is 4.90 Å². The number of amides is 1. The van der Waals surface area contributed by atoms with E-state index in [4.69, 9.17) is 14.2 Å². The van der Waals surface area contributed by atoms with Crippen molar-refractivity contribution in [3.63, 3.8) is 0 Å². The summed E-state index contributed by atoms with van der Waals surface area (Å²) in [6.07, 6.45) is 2.06. The summed E-state index contributed by atoms with van der Waals surface area (Å²) in [4.78, 5) is 28.4. The first-order valence-corrected chi connectivity index (χ1v) is 9.64. The SMILES string of the molecule is CCOC(=O)c1c(NC(=O)C2=COCCO2)sc2c1CCN(C(C)C)C2. The number of hydrogen-bond acceptors (Lipinski definition) is 7. The van der Waals surface area contributed by atoms with E-state index in [1.165, 1.54) is 17.6 Å². The molecular weight excluding hydrogens is 356 g/mol. The van der Waals surface area contributed by atoms with Gasteiger partial charge < -0.3 is 19.5 Å². The van der Waals surface area contributed by atoms with Crippen molar-refractivity contribution in [2.75, 3.05) is 31.7 Å². The summed E-state index contributed by atoms with van der Waals surface area (Å²) in [5.41, 5.74) is 1.45. The minimum Gasteiger partial charge on any atom is -0.494 e. The van der Waals surface area contributed by atoms with E-state index in [1.807, 2.05) is 0 Å². The van der Waals surface area contributed by atoms with Crippen LogP contribution >= 0.6 is 11.3 Å². The van der Waals surface area contributed by atoms with Crippen LogP contribution < -0.4 is 5.32 Å². The Morgan fingerprint density at radius 1 is 1.38 bits per heavy atom. The summed E-state index contributed by atoms with van der Waals surface area (Å²) in [5, 5.41) is 3.32.